The first-order valence-corrected chi connectivity index (χ1v) is 3.26. The van der Waals surface area contributed by atoms with E-state index in [9.17, 15) is 0 Å². The van der Waals surface area contributed by atoms with Crippen LogP contribution in [0, 0.1) is 17.8 Å². The molecule has 0 aromatic rings. The molecular formula is C7H8O. The van der Waals surface area contributed by atoms with Gasteiger partial charge in [0.15, 0.2) is 0 Å². The largest absolute Gasteiger partial charge is 0.377 e. The molecule has 1 heteroatoms. The van der Waals surface area contributed by atoms with E-state index < -0.39 is 0 Å². The van der Waals surface area contributed by atoms with Crippen LogP contribution in [0.3, 0.4) is 0 Å². The van der Waals surface area contributed by atoms with Crippen molar-refractivity contribution in [2.45, 2.75) is 0 Å². The van der Waals surface area contributed by atoms with Crippen LogP contribution in [0.2, 0.25) is 0 Å². The van der Waals surface area contributed by atoms with Crippen LogP contribution in [0.5, 0.6) is 0 Å². The average molecular weight is 108 g/mol. The monoisotopic (exact) mass is 108 g/mol. The third-order valence-corrected chi connectivity index (χ3v) is 2.58. The number of hydrogen-bond acceptors (Lipinski definition) is 1. The number of ether oxygens (including phenoxy) is 1. The molecule has 2 aliphatic carbocycles. The zero-order valence-corrected chi connectivity index (χ0v) is 4.63. The molecule has 0 bridgehead atoms. The summed E-state index contributed by atoms with van der Waals surface area (Å²) in [4.78, 5) is 0. The minimum atomic E-state index is 0.888. The highest BCUT2D eigenvalue weighted by Gasteiger charge is 2.69. The lowest BCUT2D eigenvalue weighted by molar-refractivity contribution is 0.150. The van der Waals surface area contributed by atoms with Crippen molar-refractivity contribution < 1.29 is 4.74 Å². The maximum absolute atomic E-state index is 5.29. The first kappa shape index (κ1) is 3.67. The molecule has 1 heterocycles. The molecule has 0 aromatic carbocycles. The van der Waals surface area contributed by atoms with E-state index in [2.05, 4.69) is 6.08 Å². The van der Waals surface area contributed by atoms with Crippen molar-refractivity contribution in [2.24, 2.45) is 17.8 Å². The normalized spacial score (nSPS) is 56.0. The Balaban J connectivity index is 1.99. The van der Waals surface area contributed by atoms with Crippen molar-refractivity contribution in [3.05, 3.63) is 11.6 Å². The van der Waals surface area contributed by atoms with Crippen LogP contribution in [0.25, 0.3) is 0 Å². The van der Waals surface area contributed by atoms with Gasteiger partial charge in [0.2, 0.25) is 0 Å². The Kier molecular flexibility index (Phi) is 0.406. The molecule has 0 aromatic heterocycles. The van der Waals surface area contributed by atoms with E-state index in [1.807, 2.05) is 0 Å². The highest BCUT2D eigenvalue weighted by molar-refractivity contribution is 5.46. The molecule has 2 fully saturated rings. The quantitative estimate of drug-likeness (QED) is 0.417. The van der Waals surface area contributed by atoms with Crippen LogP contribution >= 0.6 is 0 Å². The molecule has 3 rings (SSSR count). The summed E-state index contributed by atoms with van der Waals surface area (Å²) in [6.45, 7) is 1.92. The van der Waals surface area contributed by atoms with Gasteiger partial charge in [-0.3, -0.25) is 0 Å². The van der Waals surface area contributed by atoms with Crippen LogP contribution in [-0.4, -0.2) is 13.2 Å². The summed E-state index contributed by atoms with van der Waals surface area (Å²) in [5.74, 6) is 2.98. The summed E-state index contributed by atoms with van der Waals surface area (Å²) >= 11 is 0. The predicted molar refractivity (Wildman–Crippen MR) is 29.4 cm³/mol. The summed E-state index contributed by atoms with van der Waals surface area (Å²) < 4.78 is 5.29. The molecule has 0 saturated heterocycles. The second kappa shape index (κ2) is 0.883. The molecule has 1 nitrogen and oxygen atoms in total. The van der Waals surface area contributed by atoms with E-state index in [1.165, 1.54) is 0 Å². The Morgan fingerprint density at radius 2 is 2.38 bits per heavy atom. The average Bonchev–Trinajstić information content (AvgIpc) is 2.59. The molecule has 8 heavy (non-hydrogen) atoms. The van der Waals surface area contributed by atoms with E-state index in [-0.39, 0.29) is 0 Å². The lowest BCUT2D eigenvalue weighted by Gasteiger charge is -1.96. The van der Waals surface area contributed by atoms with Crippen LogP contribution in [-0.2, 0) is 4.74 Å². The Hall–Kier alpha value is -0.300. The van der Waals surface area contributed by atoms with Crippen molar-refractivity contribution in [3.8, 4) is 0 Å². The van der Waals surface area contributed by atoms with Gasteiger partial charge in [0.1, 0.15) is 0 Å². The molecule has 42 valence electrons. The fraction of sp³-hybridized carbons (Fsp3) is 0.714. The summed E-state index contributed by atoms with van der Waals surface area (Å²) in [5, 5.41) is 0. The second-order valence-electron chi connectivity index (χ2n) is 2.96. The fourth-order valence-corrected chi connectivity index (χ4v) is 1.91. The minimum absolute atomic E-state index is 0.888. The Labute approximate surface area is 48.3 Å². The molecule has 2 saturated carbocycles. The molecule has 2 atom stereocenters. The van der Waals surface area contributed by atoms with Gasteiger partial charge in [-0.15, -0.1) is 0 Å². The van der Waals surface area contributed by atoms with Gasteiger partial charge in [-0.05, 0) is 17.8 Å². The van der Waals surface area contributed by atoms with Gasteiger partial charge >= 0.3 is 0 Å². The Morgan fingerprint density at radius 1 is 1.50 bits per heavy atom. The maximum atomic E-state index is 5.29. The molecule has 3 aliphatic rings. The zero-order valence-electron chi connectivity index (χ0n) is 4.63. The van der Waals surface area contributed by atoms with Crippen LogP contribution < -0.4 is 0 Å². The van der Waals surface area contributed by atoms with Crippen molar-refractivity contribution in [1.82, 2.24) is 0 Å². The van der Waals surface area contributed by atoms with Crippen molar-refractivity contribution in [3.63, 3.8) is 0 Å². The van der Waals surface area contributed by atoms with Crippen LogP contribution in [0.4, 0.5) is 0 Å². The SMILES string of the molecule is C1=C2C3C(COC1)C23. The number of allylic oxidation sites excluding steroid dienone is 1. The van der Waals surface area contributed by atoms with Gasteiger partial charge < -0.3 is 4.74 Å². The number of rotatable bonds is 0. The van der Waals surface area contributed by atoms with Crippen LogP contribution in [0.15, 0.2) is 11.6 Å². The van der Waals surface area contributed by atoms with E-state index in [0.29, 0.717) is 0 Å². The lowest BCUT2D eigenvalue weighted by atomic mass is 10.1. The molecule has 2 unspecified atom stereocenters. The zero-order chi connectivity index (χ0) is 5.14. The molecule has 0 amide bonds. The summed E-state index contributed by atoms with van der Waals surface area (Å²) in [7, 11) is 0. The van der Waals surface area contributed by atoms with Gasteiger partial charge in [0, 0.05) is 0 Å². The predicted octanol–water partition coefficient (Wildman–Crippen LogP) is 0.819. The maximum Gasteiger partial charge on any atom is 0.0650 e. The molecular weight excluding hydrogens is 100 g/mol. The molecule has 1 aliphatic heterocycles. The third kappa shape index (κ3) is 0.244. The van der Waals surface area contributed by atoms with Gasteiger partial charge in [0.25, 0.3) is 0 Å². The van der Waals surface area contributed by atoms with Crippen molar-refractivity contribution >= 4 is 0 Å². The van der Waals surface area contributed by atoms with E-state index >= 15 is 0 Å². The van der Waals surface area contributed by atoms with Gasteiger partial charge in [-0.25, -0.2) is 0 Å². The first-order chi connectivity index (χ1) is 3.98. The second-order valence-corrected chi connectivity index (χ2v) is 2.96. The standard InChI is InChI=1S/C7H8O/c1-2-8-3-5-6-4(1)7(5)6/h1,5-7H,2-3H2. The van der Waals surface area contributed by atoms with E-state index in [4.69, 9.17) is 4.74 Å². The van der Waals surface area contributed by atoms with Gasteiger partial charge in [-0.2, -0.15) is 0 Å². The van der Waals surface area contributed by atoms with Gasteiger partial charge in [-0.1, -0.05) is 11.6 Å². The number of hydrogen-bond donors (Lipinski definition) is 0. The summed E-state index contributed by atoms with van der Waals surface area (Å²) in [6.07, 6.45) is 2.26. The smallest absolute Gasteiger partial charge is 0.0650 e. The summed E-state index contributed by atoms with van der Waals surface area (Å²) in [6, 6.07) is 0. The van der Waals surface area contributed by atoms with E-state index in [0.717, 1.165) is 31.0 Å². The fourth-order valence-electron chi connectivity index (χ4n) is 1.91. The lowest BCUT2D eigenvalue weighted by Crippen LogP contribution is -1.97. The van der Waals surface area contributed by atoms with Crippen molar-refractivity contribution in [1.29, 1.82) is 0 Å². The third-order valence-electron chi connectivity index (χ3n) is 2.58. The summed E-state index contributed by atoms with van der Waals surface area (Å²) in [5.41, 5.74) is 1.70. The Bertz CT molecular complexity index is 159. The number of fused-ring (bicyclic) bond motifs is 2. The molecule has 0 radical (unpaired) electrons. The molecule has 0 spiro atoms. The topological polar surface area (TPSA) is 9.23 Å². The highest BCUT2D eigenvalue weighted by atomic mass is 16.5. The van der Waals surface area contributed by atoms with Crippen molar-refractivity contribution in [2.75, 3.05) is 13.2 Å². The molecule has 0 N–H and O–H groups in total. The first-order valence-electron chi connectivity index (χ1n) is 3.26. The Morgan fingerprint density at radius 3 is 3.25 bits per heavy atom. The van der Waals surface area contributed by atoms with Gasteiger partial charge in [0.05, 0.1) is 13.2 Å². The van der Waals surface area contributed by atoms with Crippen LogP contribution in [0.1, 0.15) is 0 Å². The highest BCUT2D eigenvalue weighted by Crippen LogP contribution is 2.73. The minimum Gasteiger partial charge on any atom is -0.377 e. The van der Waals surface area contributed by atoms with E-state index in [1.54, 1.807) is 5.57 Å².